The third kappa shape index (κ3) is 1.77. The number of anilines is 1. The number of nitrogen functional groups attached to an aromatic ring is 1. The zero-order valence-corrected chi connectivity index (χ0v) is 8.35. The highest BCUT2D eigenvalue weighted by Gasteiger charge is 2.14. The van der Waals surface area contributed by atoms with Gasteiger partial charge in [0.25, 0.3) is 0 Å². The fourth-order valence-electron chi connectivity index (χ4n) is 1.38. The van der Waals surface area contributed by atoms with Crippen molar-refractivity contribution in [3.8, 4) is 0 Å². The van der Waals surface area contributed by atoms with E-state index in [9.17, 15) is 9.18 Å². The highest BCUT2D eigenvalue weighted by atomic mass is 19.1. The molecule has 0 radical (unpaired) electrons. The van der Waals surface area contributed by atoms with Gasteiger partial charge in [0.15, 0.2) is 11.6 Å². The summed E-state index contributed by atoms with van der Waals surface area (Å²) in [5.74, 6) is -1.07. The summed E-state index contributed by atoms with van der Waals surface area (Å²) in [6.07, 6.45) is 2.97. The largest absolute Gasteiger partial charge is 0.396 e. The van der Waals surface area contributed by atoms with Crippen LogP contribution >= 0.6 is 0 Å². The molecule has 2 rings (SSSR count). The van der Waals surface area contributed by atoms with Crippen LogP contribution < -0.4 is 5.73 Å². The summed E-state index contributed by atoms with van der Waals surface area (Å²) in [4.78, 5) is 15.7. The van der Waals surface area contributed by atoms with E-state index in [1.54, 1.807) is 6.07 Å². The second-order valence-electron chi connectivity index (χ2n) is 3.27. The Labute approximate surface area is 91.7 Å². The summed E-state index contributed by atoms with van der Waals surface area (Å²) in [5.41, 5.74) is 5.74. The molecule has 0 unspecified atom stereocenters. The molecule has 2 aromatic rings. The van der Waals surface area contributed by atoms with Crippen molar-refractivity contribution < 1.29 is 9.18 Å². The van der Waals surface area contributed by atoms with Crippen molar-refractivity contribution in [2.24, 2.45) is 0 Å². The lowest BCUT2D eigenvalue weighted by Crippen LogP contribution is -2.06. The van der Waals surface area contributed by atoms with Gasteiger partial charge in [-0.05, 0) is 24.3 Å². The number of hydrogen-bond donors (Lipinski definition) is 1. The van der Waals surface area contributed by atoms with E-state index in [2.05, 4.69) is 4.98 Å². The molecule has 1 aromatic heterocycles. The van der Waals surface area contributed by atoms with Crippen molar-refractivity contribution in [3.63, 3.8) is 0 Å². The molecule has 80 valence electrons. The molecule has 0 spiro atoms. The SMILES string of the molecule is Nc1cccc(C(=O)c2ccncc2)c1F. The van der Waals surface area contributed by atoms with Crippen LogP contribution in [0, 0.1) is 5.82 Å². The number of aromatic nitrogens is 1. The number of nitrogens with zero attached hydrogens (tertiary/aromatic N) is 1. The number of nitrogens with two attached hydrogens (primary N) is 1. The van der Waals surface area contributed by atoms with Crippen LogP contribution in [0.4, 0.5) is 10.1 Å². The van der Waals surface area contributed by atoms with Crippen molar-refractivity contribution in [2.45, 2.75) is 0 Å². The van der Waals surface area contributed by atoms with Crippen molar-refractivity contribution in [2.75, 3.05) is 5.73 Å². The minimum atomic E-state index is -0.677. The summed E-state index contributed by atoms with van der Waals surface area (Å²) < 4.78 is 13.6. The number of carbonyl (C=O) groups is 1. The number of carbonyl (C=O) groups excluding carboxylic acids is 1. The normalized spacial score (nSPS) is 10.1. The zero-order valence-electron chi connectivity index (χ0n) is 8.35. The molecular formula is C12H9FN2O. The summed E-state index contributed by atoms with van der Waals surface area (Å²) in [6, 6.07) is 7.44. The van der Waals surface area contributed by atoms with E-state index < -0.39 is 11.6 Å². The molecule has 0 aliphatic rings. The molecule has 3 nitrogen and oxygen atoms in total. The van der Waals surface area contributed by atoms with E-state index in [0.717, 1.165) is 0 Å². The first-order chi connectivity index (χ1) is 7.70. The Morgan fingerprint density at radius 3 is 2.56 bits per heavy atom. The average Bonchev–Trinajstić information content (AvgIpc) is 2.33. The molecule has 16 heavy (non-hydrogen) atoms. The van der Waals surface area contributed by atoms with Crippen LogP contribution in [0.1, 0.15) is 15.9 Å². The molecule has 0 amide bonds. The van der Waals surface area contributed by atoms with Gasteiger partial charge in [-0.3, -0.25) is 9.78 Å². The third-order valence-electron chi connectivity index (χ3n) is 2.22. The monoisotopic (exact) mass is 216 g/mol. The Bertz CT molecular complexity index is 526. The molecule has 0 saturated heterocycles. The van der Waals surface area contributed by atoms with Crippen LogP contribution in [0.25, 0.3) is 0 Å². The lowest BCUT2D eigenvalue weighted by molar-refractivity contribution is 0.103. The topological polar surface area (TPSA) is 56.0 Å². The third-order valence-corrected chi connectivity index (χ3v) is 2.22. The molecular weight excluding hydrogens is 207 g/mol. The molecule has 0 atom stereocenters. The van der Waals surface area contributed by atoms with Gasteiger partial charge in [0, 0.05) is 18.0 Å². The maximum Gasteiger partial charge on any atom is 0.196 e. The first kappa shape index (κ1) is 10.3. The van der Waals surface area contributed by atoms with Gasteiger partial charge < -0.3 is 5.73 Å². The van der Waals surface area contributed by atoms with Gasteiger partial charge in [0.2, 0.25) is 0 Å². The van der Waals surface area contributed by atoms with Gasteiger partial charge in [-0.2, -0.15) is 0 Å². The highest BCUT2D eigenvalue weighted by molar-refractivity contribution is 6.09. The second-order valence-corrected chi connectivity index (χ2v) is 3.27. The van der Waals surface area contributed by atoms with Gasteiger partial charge in [-0.1, -0.05) is 6.07 Å². The summed E-state index contributed by atoms with van der Waals surface area (Å²) >= 11 is 0. The van der Waals surface area contributed by atoms with Crippen molar-refractivity contribution >= 4 is 11.5 Å². The molecule has 1 aromatic carbocycles. The Kier molecular flexibility index (Phi) is 2.64. The standard InChI is InChI=1S/C12H9FN2O/c13-11-9(2-1-3-10(11)14)12(16)8-4-6-15-7-5-8/h1-7H,14H2. The van der Waals surface area contributed by atoms with Crippen LogP contribution in [0.2, 0.25) is 0 Å². The smallest absolute Gasteiger partial charge is 0.196 e. The number of hydrogen-bond acceptors (Lipinski definition) is 3. The lowest BCUT2D eigenvalue weighted by Gasteiger charge is -2.04. The van der Waals surface area contributed by atoms with Gasteiger partial charge in [-0.25, -0.2) is 4.39 Å². The maximum absolute atomic E-state index is 13.6. The zero-order chi connectivity index (χ0) is 11.5. The molecule has 1 heterocycles. The van der Waals surface area contributed by atoms with E-state index in [0.29, 0.717) is 5.56 Å². The predicted molar refractivity (Wildman–Crippen MR) is 58.5 cm³/mol. The summed E-state index contributed by atoms with van der Waals surface area (Å²) in [7, 11) is 0. The Morgan fingerprint density at radius 2 is 1.88 bits per heavy atom. The Balaban J connectivity index is 2.46. The van der Waals surface area contributed by atoms with Crippen LogP contribution in [-0.2, 0) is 0 Å². The Hall–Kier alpha value is -2.23. The molecule has 0 saturated carbocycles. The first-order valence-electron chi connectivity index (χ1n) is 4.69. The van der Waals surface area contributed by atoms with Gasteiger partial charge >= 0.3 is 0 Å². The fraction of sp³-hybridized carbons (Fsp3) is 0. The Morgan fingerprint density at radius 1 is 1.19 bits per heavy atom. The predicted octanol–water partition coefficient (Wildman–Crippen LogP) is 2.03. The number of ketones is 1. The van der Waals surface area contributed by atoms with Crippen molar-refractivity contribution in [1.29, 1.82) is 0 Å². The second kappa shape index (κ2) is 4.10. The molecule has 4 heteroatoms. The number of benzene rings is 1. The first-order valence-corrected chi connectivity index (χ1v) is 4.69. The maximum atomic E-state index is 13.6. The van der Waals surface area contributed by atoms with E-state index >= 15 is 0 Å². The fourth-order valence-corrected chi connectivity index (χ4v) is 1.38. The van der Waals surface area contributed by atoms with E-state index in [4.69, 9.17) is 5.73 Å². The van der Waals surface area contributed by atoms with Gasteiger partial charge in [0.05, 0.1) is 11.3 Å². The number of rotatable bonds is 2. The summed E-state index contributed by atoms with van der Waals surface area (Å²) in [6.45, 7) is 0. The molecule has 0 fully saturated rings. The molecule has 0 aliphatic carbocycles. The highest BCUT2D eigenvalue weighted by Crippen LogP contribution is 2.17. The minimum Gasteiger partial charge on any atom is -0.396 e. The molecule has 0 bridgehead atoms. The molecule has 2 N–H and O–H groups in total. The van der Waals surface area contributed by atoms with Crippen LogP contribution in [0.5, 0.6) is 0 Å². The number of halogens is 1. The van der Waals surface area contributed by atoms with E-state index in [1.807, 2.05) is 0 Å². The van der Waals surface area contributed by atoms with E-state index in [-0.39, 0.29) is 11.3 Å². The average molecular weight is 216 g/mol. The summed E-state index contributed by atoms with van der Waals surface area (Å²) in [5, 5.41) is 0. The van der Waals surface area contributed by atoms with Crippen LogP contribution in [0.3, 0.4) is 0 Å². The lowest BCUT2D eigenvalue weighted by atomic mass is 10.0. The van der Waals surface area contributed by atoms with E-state index in [1.165, 1.54) is 36.7 Å². The van der Waals surface area contributed by atoms with Gasteiger partial charge in [-0.15, -0.1) is 0 Å². The van der Waals surface area contributed by atoms with Gasteiger partial charge in [0.1, 0.15) is 0 Å². The van der Waals surface area contributed by atoms with Crippen LogP contribution in [-0.4, -0.2) is 10.8 Å². The minimum absolute atomic E-state index is 0.0220. The van der Waals surface area contributed by atoms with Crippen molar-refractivity contribution in [3.05, 3.63) is 59.7 Å². The van der Waals surface area contributed by atoms with Crippen molar-refractivity contribution in [1.82, 2.24) is 4.98 Å². The quantitative estimate of drug-likeness (QED) is 0.617. The van der Waals surface area contributed by atoms with Crippen LogP contribution in [0.15, 0.2) is 42.7 Å². The number of pyridine rings is 1. The molecule has 0 aliphatic heterocycles.